The van der Waals surface area contributed by atoms with Crippen molar-refractivity contribution in [1.29, 1.82) is 0 Å². The van der Waals surface area contributed by atoms with Gasteiger partial charge in [0.1, 0.15) is 11.8 Å². The van der Waals surface area contributed by atoms with E-state index < -0.39 is 17.9 Å². The van der Waals surface area contributed by atoms with Gasteiger partial charge in [0, 0.05) is 35.4 Å². The fraction of sp³-hybridized carbons (Fsp3) is 0.296. The van der Waals surface area contributed by atoms with Crippen molar-refractivity contribution in [2.75, 3.05) is 19.0 Å². The van der Waals surface area contributed by atoms with Crippen LogP contribution in [0.5, 0.6) is 5.75 Å². The Hall–Kier alpha value is -3.62. The molecule has 1 aliphatic carbocycles. The molecule has 2 N–H and O–H groups in total. The minimum absolute atomic E-state index is 0.107. The number of anilines is 1. The second-order valence-electron chi connectivity index (χ2n) is 8.61. The fourth-order valence-electron chi connectivity index (χ4n) is 4.02. The van der Waals surface area contributed by atoms with Crippen molar-refractivity contribution in [3.8, 4) is 16.9 Å². The quantitative estimate of drug-likeness (QED) is 0.397. The molecule has 1 amide bonds. The average molecular weight is 511 g/mol. The minimum Gasteiger partial charge on any atom is -0.495 e. The van der Waals surface area contributed by atoms with Gasteiger partial charge in [-0.25, -0.2) is 4.79 Å². The third kappa shape index (κ3) is 5.95. The highest BCUT2D eigenvalue weighted by atomic mass is 35.5. The monoisotopic (exact) mass is 510 g/mol. The molecule has 3 aromatic rings. The molecule has 1 fully saturated rings. The van der Waals surface area contributed by atoms with E-state index in [1.54, 1.807) is 18.2 Å². The van der Waals surface area contributed by atoms with Crippen LogP contribution in [0.1, 0.15) is 42.1 Å². The maximum atomic E-state index is 13.3. The van der Waals surface area contributed by atoms with Gasteiger partial charge in [-0.15, -0.1) is 0 Å². The summed E-state index contributed by atoms with van der Waals surface area (Å²) in [6.07, 6.45) is 5.11. The molecule has 36 heavy (non-hydrogen) atoms. The second-order valence-corrected chi connectivity index (χ2v) is 9.05. The molecule has 0 bridgehead atoms. The van der Waals surface area contributed by atoms with Crippen molar-refractivity contribution in [2.45, 2.75) is 37.8 Å². The van der Waals surface area contributed by atoms with Gasteiger partial charge in [-0.1, -0.05) is 23.7 Å². The second kappa shape index (κ2) is 11.4. The van der Waals surface area contributed by atoms with Crippen molar-refractivity contribution in [3.05, 3.63) is 81.7 Å². The maximum Gasteiger partial charge on any atom is 0.335 e. The Balaban J connectivity index is 1.64. The van der Waals surface area contributed by atoms with E-state index in [4.69, 9.17) is 26.2 Å². The van der Waals surface area contributed by atoms with Gasteiger partial charge >= 0.3 is 5.97 Å². The number of nitrogens with one attached hydrogen (secondary N) is 1. The fourth-order valence-corrected chi connectivity index (χ4v) is 4.21. The van der Waals surface area contributed by atoms with Crippen LogP contribution in [0.15, 0.2) is 65.6 Å². The first kappa shape index (κ1) is 25.5. The Morgan fingerprint density at radius 1 is 1.17 bits per heavy atom. The van der Waals surface area contributed by atoms with Gasteiger partial charge in [0.2, 0.25) is 5.91 Å². The third-order valence-electron chi connectivity index (χ3n) is 6.23. The Kier molecular flexibility index (Phi) is 8.07. The highest BCUT2D eigenvalue weighted by Crippen LogP contribution is 2.31. The standard InChI is InChI=1S/C27H27ClN2O6/c1-35-24-16-30(25(31)15-22(24)18-4-2-5-19(28)14-18)23(12-13-36-21-6-3-7-21)26(32)29-20-10-8-17(9-11-20)27(33)34/h2,4-5,8-11,14-16,21,23H,3,6-7,12-13H2,1H3,(H,29,32)(H,33,34). The van der Waals surface area contributed by atoms with E-state index in [0.29, 0.717) is 28.6 Å². The van der Waals surface area contributed by atoms with E-state index in [0.717, 1.165) is 24.8 Å². The van der Waals surface area contributed by atoms with Crippen molar-refractivity contribution in [2.24, 2.45) is 0 Å². The highest BCUT2D eigenvalue weighted by Gasteiger charge is 2.25. The van der Waals surface area contributed by atoms with Gasteiger partial charge in [0.25, 0.3) is 5.56 Å². The van der Waals surface area contributed by atoms with Crippen LogP contribution in [0, 0.1) is 0 Å². The van der Waals surface area contributed by atoms with Crippen molar-refractivity contribution in [1.82, 2.24) is 4.57 Å². The number of ether oxygens (including phenoxy) is 2. The van der Waals surface area contributed by atoms with Crippen LogP contribution in [0.2, 0.25) is 5.02 Å². The molecule has 2 aromatic carbocycles. The van der Waals surface area contributed by atoms with Crippen molar-refractivity contribution in [3.63, 3.8) is 0 Å². The van der Waals surface area contributed by atoms with Gasteiger partial charge in [0.15, 0.2) is 0 Å². The zero-order chi connectivity index (χ0) is 25.7. The lowest BCUT2D eigenvalue weighted by Gasteiger charge is -2.27. The number of carboxylic acids is 1. The molecule has 8 nitrogen and oxygen atoms in total. The Labute approximate surface area is 213 Å². The molecular weight excluding hydrogens is 484 g/mol. The number of halogens is 1. The first-order chi connectivity index (χ1) is 17.4. The summed E-state index contributed by atoms with van der Waals surface area (Å²) in [5.74, 6) is -1.06. The number of aromatic carboxylic acids is 1. The number of pyridine rings is 1. The minimum atomic E-state index is -1.06. The van der Waals surface area contributed by atoms with Crippen LogP contribution < -0.4 is 15.6 Å². The number of hydrogen-bond donors (Lipinski definition) is 2. The van der Waals surface area contributed by atoms with E-state index in [2.05, 4.69) is 5.32 Å². The number of amides is 1. The Bertz CT molecular complexity index is 1300. The number of benzene rings is 2. The topological polar surface area (TPSA) is 107 Å². The molecule has 188 valence electrons. The van der Waals surface area contributed by atoms with E-state index in [1.807, 2.05) is 6.07 Å². The number of nitrogens with zero attached hydrogens (tertiary/aromatic N) is 1. The van der Waals surface area contributed by atoms with Crippen LogP contribution >= 0.6 is 11.6 Å². The van der Waals surface area contributed by atoms with Gasteiger partial charge in [0.05, 0.1) is 25.0 Å². The zero-order valence-electron chi connectivity index (χ0n) is 19.8. The molecule has 1 heterocycles. The van der Waals surface area contributed by atoms with Gasteiger partial charge in [-0.2, -0.15) is 0 Å². The molecule has 1 saturated carbocycles. The predicted octanol–water partition coefficient (Wildman–Crippen LogP) is 5.01. The molecular formula is C27H27ClN2O6. The molecule has 0 saturated heterocycles. The molecule has 0 spiro atoms. The molecule has 9 heteroatoms. The molecule has 1 atom stereocenters. The Morgan fingerprint density at radius 2 is 1.92 bits per heavy atom. The average Bonchev–Trinajstić information content (AvgIpc) is 2.83. The summed E-state index contributed by atoms with van der Waals surface area (Å²) >= 11 is 6.13. The predicted molar refractivity (Wildman–Crippen MR) is 137 cm³/mol. The largest absolute Gasteiger partial charge is 0.495 e. The van der Waals surface area contributed by atoms with Crippen LogP contribution in [0.4, 0.5) is 5.69 Å². The number of rotatable bonds is 10. The number of aromatic nitrogens is 1. The molecule has 4 rings (SSSR count). The third-order valence-corrected chi connectivity index (χ3v) is 6.47. The Morgan fingerprint density at radius 3 is 2.53 bits per heavy atom. The number of carbonyl (C=O) groups excluding carboxylic acids is 1. The SMILES string of the molecule is COc1cn(C(CCOC2CCC2)C(=O)Nc2ccc(C(=O)O)cc2)c(=O)cc1-c1cccc(Cl)c1. The van der Waals surface area contributed by atoms with E-state index in [1.165, 1.54) is 48.2 Å². The molecule has 1 unspecified atom stereocenters. The number of methoxy groups -OCH3 is 1. The van der Waals surface area contributed by atoms with E-state index >= 15 is 0 Å². The summed E-state index contributed by atoms with van der Waals surface area (Å²) < 4.78 is 12.8. The van der Waals surface area contributed by atoms with Crippen molar-refractivity contribution >= 4 is 29.2 Å². The normalized spacial score (nSPS) is 14.1. The lowest BCUT2D eigenvalue weighted by molar-refractivity contribution is -0.120. The first-order valence-electron chi connectivity index (χ1n) is 11.7. The van der Waals surface area contributed by atoms with Crippen LogP contribution in [0.25, 0.3) is 11.1 Å². The van der Waals surface area contributed by atoms with Gasteiger partial charge in [-0.05, 0) is 61.2 Å². The summed E-state index contributed by atoms with van der Waals surface area (Å²) in [5, 5.41) is 12.4. The summed E-state index contributed by atoms with van der Waals surface area (Å²) in [5.41, 5.74) is 1.43. The maximum absolute atomic E-state index is 13.3. The first-order valence-corrected chi connectivity index (χ1v) is 12.1. The van der Waals surface area contributed by atoms with Crippen LogP contribution in [-0.4, -0.2) is 41.4 Å². The van der Waals surface area contributed by atoms with Gasteiger partial charge in [-0.3, -0.25) is 14.2 Å². The smallest absolute Gasteiger partial charge is 0.335 e. The van der Waals surface area contributed by atoms with E-state index in [9.17, 15) is 14.4 Å². The highest BCUT2D eigenvalue weighted by molar-refractivity contribution is 6.30. The van der Waals surface area contributed by atoms with Crippen LogP contribution in [0.3, 0.4) is 0 Å². The zero-order valence-corrected chi connectivity index (χ0v) is 20.5. The van der Waals surface area contributed by atoms with Crippen molar-refractivity contribution < 1.29 is 24.2 Å². The molecule has 0 aliphatic heterocycles. The summed E-state index contributed by atoms with van der Waals surface area (Å²) in [6.45, 7) is 0.311. The lowest BCUT2D eigenvalue weighted by atomic mass is 9.96. The summed E-state index contributed by atoms with van der Waals surface area (Å²) in [6, 6.07) is 13.5. The molecule has 1 aliphatic rings. The van der Waals surface area contributed by atoms with E-state index in [-0.39, 0.29) is 23.6 Å². The summed E-state index contributed by atoms with van der Waals surface area (Å²) in [7, 11) is 1.50. The van der Waals surface area contributed by atoms with Gasteiger partial charge < -0.3 is 19.9 Å². The number of hydrogen-bond acceptors (Lipinski definition) is 5. The lowest BCUT2D eigenvalue weighted by Crippen LogP contribution is -2.34. The van der Waals surface area contributed by atoms with Crippen LogP contribution in [-0.2, 0) is 9.53 Å². The molecule has 0 radical (unpaired) electrons. The number of carboxylic acid groups (broad SMARTS) is 1. The molecule has 1 aromatic heterocycles. The summed E-state index contributed by atoms with van der Waals surface area (Å²) in [4.78, 5) is 37.7. The number of carbonyl (C=O) groups is 2.